The normalized spacial score (nSPS) is 8.93. The molecule has 0 aliphatic rings. The van der Waals surface area contributed by atoms with Gasteiger partial charge in [-0.1, -0.05) is 32.2 Å². The summed E-state index contributed by atoms with van der Waals surface area (Å²) in [7, 11) is 0. The zero-order valence-electron chi connectivity index (χ0n) is 9.21. The minimum atomic E-state index is -0.612. The Labute approximate surface area is 90.1 Å². The number of ketones is 1. The van der Waals surface area contributed by atoms with Crippen molar-refractivity contribution < 1.29 is 14.3 Å². The summed E-state index contributed by atoms with van der Waals surface area (Å²) >= 11 is 0. The Hall–Kier alpha value is -1.64. The van der Waals surface area contributed by atoms with Crippen LogP contribution in [0.3, 0.4) is 0 Å². The SMILES string of the molecule is C=CC(C=C)=C(C(=O)CC)C(=O)OCC. The van der Waals surface area contributed by atoms with E-state index in [1.807, 2.05) is 0 Å². The zero-order valence-corrected chi connectivity index (χ0v) is 9.21. The Morgan fingerprint density at radius 1 is 1.20 bits per heavy atom. The largest absolute Gasteiger partial charge is 0.462 e. The van der Waals surface area contributed by atoms with Gasteiger partial charge in [0, 0.05) is 6.42 Å². The molecule has 0 bridgehead atoms. The van der Waals surface area contributed by atoms with Crippen LogP contribution in [-0.2, 0) is 14.3 Å². The Balaban J connectivity index is 5.30. The third kappa shape index (κ3) is 3.54. The highest BCUT2D eigenvalue weighted by molar-refractivity contribution is 6.18. The van der Waals surface area contributed by atoms with Crippen molar-refractivity contribution in [1.82, 2.24) is 0 Å². The highest BCUT2D eigenvalue weighted by Crippen LogP contribution is 2.12. The molecule has 82 valence electrons. The Morgan fingerprint density at radius 2 is 1.73 bits per heavy atom. The lowest BCUT2D eigenvalue weighted by Crippen LogP contribution is -2.17. The van der Waals surface area contributed by atoms with Crippen LogP contribution in [0.1, 0.15) is 20.3 Å². The number of allylic oxidation sites excluding steroid dienone is 3. The molecule has 0 radical (unpaired) electrons. The van der Waals surface area contributed by atoms with E-state index in [0.717, 1.165) is 0 Å². The van der Waals surface area contributed by atoms with E-state index in [9.17, 15) is 9.59 Å². The number of esters is 1. The molecule has 0 spiro atoms. The third-order valence-electron chi connectivity index (χ3n) is 1.81. The second kappa shape index (κ2) is 6.76. The van der Waals surface area contributed by atoms with Gasteiger partial charge in [-0.15, -0.1) is 0 Å². The maximum atomic E-state index is 11.5. The molecule has 3 nitrogen and oxygen atoms in total. The number of rotatable bonds is 6. The molecule has 0 N–H and O–H groups in total. The fourth-order valence-corrected chi connectivity index (χ4v) is 1.06. The average Bonchev–Trinajstić information content (AvgIpc) is 2.24. The summed E-state index contributed by atoms with van der Waals surface area (Å²) in [5.41, 5.74) is 0.449. The highest BCUT2D eigenvalue weighted by Gasteiger charge is 2.20. The molecular weight excluding hydrogens is 192 g/mol. The van der Waals surface area contributed by atoms with Gasteiger partial charge in [0.05, 0.1) is 6.61 Å². The fourth-order valence-electron chi connectivity index (χ4n) is 1.06. The first-order chi connectivity index (χ1) is 7.12. The molecule has 0 aromatic heterocycles. The Kier molecular flexibility index (Phi) is 6.02. The van der Waals surface area contributed by atoms with Gasteiger partial charge in [0.15, 0.2) is 5.78 Å². The van der Waals surface area contributed by atoms with Crippen LogP contribution in [-0.4, -0.2) is 18.4 Å². The van der Waals surface area contributed by atoms with E-state index >= 15 is 0 Å². The molecule has 0 aliphatic heterocycles. The van der Waals surface area contributed by atoms with E-state index < -0.39 is 5.97 Å². The van der Waals surface area contributed by atoms with Gasteiger partial charge in [-0.25, -0.2) is 4.79 Å². The van der Waals surface area contributed by atoms with Crippen LogP contribution in [0, 0.1) is 0 Å². The molecule has 0 rings (SSSR count). The number of Topliss-reactive ketones (excluding diaryl/α,β-unsaturated/α-hetero) is 1. The summed E-state index contributed by atoms with van der Waals surface area (Å²) in [6.45, 7) is 10.7. The van der Waals surface area contributed by atoms with E-state index in [4.69, 9.17) is 4.74 Å². The molecule has 0 unspecified atom stereocenters. The van der Waals surface area contributed by atoms with Crippen molar-refractivity contribution in [2.24, 2.45) is 0 Å². The first kappa shape index (κ1) is 13.4. The predicted molar refractivity (Wildman–Crippen MR) is 59.4 cm³/mol. The number of hydrogen-bond acceptors (Lipinski definition) is 3. The van der Waals surface area contributed by atoms with Crippen molar-refractivity contribution in [3.05, 3.63) is 36.5 Å². The van der Waals surface area contributed by atoms with Gasteiger partial charge in [-0.05, 0) is 12.5 Å². The molecule has 15 heavy (non-hydrogen) atoms. The quantitative estimate of drug-likeness (QED) is 0.221. The number of carbonyl (C=O) groups is 2. The topological polar surface area (TPSA) is 43.4 Å². The Morgan fingerprint density at radius 3 is 2.07 bits per heavy atom. The van der Waals surface area contributed by atoms with Crippen molar-refractivity contribution in [1.29, 1.82) is 0 Å². The maximum absolute atomic E-state index is 11.5. The van der Waals surface area contributed by atoms with Gasteiger partial charge in [0.2, 0.25) is 0 Å². The molecule has 0 saturated heterocycles. The second-order valence-electron chi connectivity index (χ2n) is 2.74. The highest BCUT2D eigenvalue weighted by atomic mass is 16.5. The van der Waals surface area contributed by atoms with Crippen LogP contribution < -0.4 is 0 Å². The minimum Gasteiger partial charge on any atom is -0.462 e. The lowest BCUT2D eigenvalue weighted by atomic mass is 10.0. The summed E-state index contributed by atoms with van der Waals surface area (Å²) in [6, 6.07) is 0. The van der Waals surface area contributed by atoms with Crippen LogP contribution in [0.4, 0.5) is 0 Å². The van der Waals surface area contributed by atoms with Crippen LogP contribution >= 0.6 is 0 Å². The molecule has 0 aromatic carbocycles. The van der Waals surface area contributed by atoms with Crippen molar-refractivity contribution in [2.45, 2.75) is 20.3 Å². The summed E-state index contributed by atoms with van der Waals surface area (Å²) in [5.74, 6) is -0.873. The summed E-state index contributed by atoms with van der Waals surface area (Å²) in [4.78, 5) is 23.0. The van der Waals surface area contributed by atoms with E-state index in [1.54, 1.807) is 13.8 Å². The van der Waals surface area contributed by atoms with Gasteiger partial charge in [-0.3, -0.25) is 4.79 Å². The molecule has 0 aliphatic carbocycles. The van der Waals surface area contributed by atoms with Gasteiger partial charge >= 0.3 is 5.97 Å². The van der Waals surface area contributed by atoms with E-state index in [-0.39, 0.29) is 24.4 Å². The van der Waals surface area contributed by atoms with Gasteiger partial charge in [0.1, 0.15) is 5.57 Å². The van der Waals surface area contributed by atoms with Crippen LogP contribution in [0.25, 0.3) is 0 Å². The molecular formula is C12H16O3. The first-order valence-corrected chi connectivity index (χ1v) is 4.81. The van der Waals surface area contributed by atoms with Crippen molar-refractivity contribution in [3.8, 4) is 0 Å². The van der Waals surface area contributed by atoms with E-state index in [0.29, 0.717) is 5.57 Å². The van der Waals surface area contributed by atoms with Crippen molar-refractivity contribution in [2.75, 3.05) is 6.61 Å². The molecule has 3 heteroatoms. The van der Waals surface area contributed by atoms with E-state index in [1.165, 1.54) is 12.2 Å². The number of hydrogen-bond donors (Lipinski definition) is 0. The minimum absolute atomic E-state index is 0.0318. The fraction of sp³-hybridized carbons (Fsp3) is 0.333. The average molecular weight is 208 g/mol. The van der Waals surface area contributed by atoms with Crippen molar-refractivity contribution >= 4 is 11.8 Å². The lowest BCUT2D eigenvalue weighted by Gasteiger charge is -2.07. The van der Waals surface area contributed by atoms with Gasteiger partial charge < -0.3 is 4.74 Å². The molecule has 0 fully saturated rings. The van der Waals surface area contributed by atoms with Gasteiger partial charge in [0.25, 0.3) is 0 Å². The Bertz CT molecular complexity index is 301. The second-order valence-corrected chi connectivity index (χ2v) is 2.74. The number of ether oxygens (including phenoxy) is 1. The van der Waals surface area contributed by atoms with Gasteiger partial charge in [-0.2, -0.15) is 0 Å². The monoisotopic (exact) mass is 208 g/mol. The third-order valence-corrected chi connectivity index (χ3v) is 1.81. The van der Waals surface area contributed by atoms with E-state index in [2.05, 4.69) is 13.2 Å². The first-order valence-electron chi connectivity index (χ1n) is 4.81. The number of carbonyl (C=O) groups excluding carboxylic acids is 2. The van der Waals surface area contributed by atoms with Crippen LogP contribution in [0.5, 0.6) is 0 Å². The maximum Gasteiger partial charge on any atom is 0.342 e. The molecule has 0 heterocycles. The zero-order chi connectivity index (χ0) is 11.8. The van der Waals surface area contributed by atoms with Crippen molar-refractivity contribution in [3.63, 3.8) is 0 Å². The lowest BCUT2D eigenvalue weighted by molar-refractivity contribution is -0.140. The molecule has 0 atom stereocenters. The predicted octanol–water partition coefficient (Wildman–Crippen LogP) is 2.20. The smallest absolute Gasteiger partial charge is 0.342 e. The molecule has 0 aromatic rings. The molecule has 0 amide bonds. The summed E-state index contributed by atoms with van der Waals surface area (Å²) in [6.07, 6.45) is 3.10. The molecule has 0 saturated carbocycles. The summed E-state index contributed by atoms with van der Waals surface area (Å²) < 4.78 is 4.80. The van der Waals surface area contributed by atoms with Crippen LogP contribution in [0.2, 0.25) is 0 Å². The standard InChI is InChI=1S/C12H16O3/c1-5-9(6-2)11(10(13)7-3)12(14)15-8-4/h5-6H,1-2,7-8H2,3-4H3. The van der Waals surface area contributed by atoms with Crippen LogP contribution in [0.15, 0.2) is 36.5 Å². The summed E-state index contributed by atoms with van der Waals surface area (Å²) in [5, 5.41) is 0.